The minimum absolute atomic E-state index is 0.178. The molecule has 1 unspecified atom stereocenters. The highest BCUT2D eigenvalue weighted by atomic mass is 19.1. The van der Waals surface area contributed by atoms with Gasteiger partial charge in [-0.25, -0.2) is 8.78 Å². The molecule has 5 rings (SSSR count). The van der Waals surface area contributed by atoms with Crippen LogP contribution >= 0.6 is 0 Å². The van der Waals surface area contributed by atoms with Crippen molar-refractivity contribution in [2.24, 2.45) is 0 Å². The van der Waals surface area contributed by atoms with Crippen molar-refractivity contribution in [2.75, 3.05) is 12.4 Å². The number of benzene rings is 3. The van der Waals surface area contributed by atoms with Gasteiger partial charge in [-0.05, 0) is 68.3 Å². The van der Waals surface area contributed by atoms with Crippen LogP contribution in [0.1, 0.15) is 43.6 Å². The smallest absolute Gasteiger partial charge is 0.165 e. The van der Waals surface area contributed by atoms with Crippen LogP contribution in [0.4, 0.5) is 14.5 Å². The molecule has 0 amide bonds. The summed E-state index contributed by atoms with van der Waals surface area (Å²) in [6.45, 7) is 6.28. The van der Waals surface area contributed by atoms with Crippen molar-refractivity contribution in [3.05, 3.63) is 82.9 Å². The lowest BCUT2D eigenvalue weighted by molar-refractivity contribution is 0.242. The molecule has 3 nitrogen and oxygen atoms in total. The van der Waals surface area contributed by atoms with Gasteiger partial charge >= 0.3 is 0 Å². The van der Waals surface area contributed by atoms with E-state index in [0.717, 1.165) is 28.0 Å². The lowest BCUT2D eigenvalue weighted by Crippen LogP contribution is -2.32. The Kier molecular flexibility index (Phi) is 4.33. The maximum atomic E-state index is 14.6. The van der Waals surface area contributed by atoms with Gasteiger partial charge in [-0.15, -0.1) is 0 Å². The highest BCUT2D eigenvalue weighted by Crippen LogP contribution is 2.51. The lowest BCUT2D eigenvalue weighted by Gasteiger charge is -2.37. The van der Waals surface area contributed by atoms with Crippen LogP contribution < -0.4 is 14.8 Å². The second kappa shape index (κ2) is 6.84. The predicted molar refractivity (Wildman–Crippen MR) is 119 cm³/mol. The molecule has 0 saturated carbocycles. The summed E-state index contributed by atoms with van der Waals surface area (Å²) in [6.07, 6.45) is 1.62. The van der Waals surface area contributed by atoms with Crippen LogP contribution in [0.2, 0.25) is 0 Å². The second-order valence-electron chi connectivity index (χ2n) is 8.66. The Bertz CT molecular complexity index is 1250. The Morgan fingerprint density at radius 3 is 2.55 bits per heavy atom. The summed E-state index contributed by atoms with van der Waals surface area (Å²) in [5, 5.41) is 3.55. The van der Waals surface area contributed by atoms with Gasteiger partial charge in [-0.3, -0.25) is 0 Å². The molecule has 1 N–H and O–H groups in total. The van der Waals surface area contributed by atoms with Gasteiger partial charge in [0.2, 0.25) is 0 Å². The van der Waals surface area contributed by atoms with E-state index in [2.05, 4.69) is 32.2 Å². The molecule has 31 heavy (non-hydrogen) atoms. The molecule has 0 saturated heterocycles. The number of fused-ring (bicyclic) bond motifs is 5. The first kappa shape index (κ1) is 19.6. The summed E-state index contributed by atoms with van der Waals surface area (Å²) in [5.74, 6) is -0.0319. The highest BCUT2D eigenvalue weighted by molar-refractivity contribution is 5.90. The molecule has 2 heterocycles. The van der Waals surface area contributed by atoms with Crippen LogP contribution in [0.15, 0.2) is 54.6 Å². The fourth-order valence-electron chi connectivity index (χ4n) is 4.73. The molecule has 0 spiro atoms. The number of allylic oxidation sites excluding steroid dienone is 1. The topological polar surface area (TPSA) is 30.5 Å². The zero-order valence-electron chi connectivity index (χ0n) is 17.8. The molecule has 2 aliphatic heterocycles. The number of nitrogens with one attached hydrogen (secondary N) is 1. The molecule has 158 valence electrons. The number of anilines is 1. The number of methoxy groups -OCH3 is 1. The summed E-state index contributed by atoms with van der Waals surface area (Å²) in [6, 6.07) is 13.4. The zero-order valence-corrected chi connectivity index (χ0v) is 17.8. The van der Waals surface area contributed by atoms with Gasteiger partial charge in [-0.1, -0.05) is 18.2 Å². The van der Waals surface area contributed by atoms with E-state index >= 15 is 0 Å². The molecule has 0 aliphatic carbocycles. The Morgan fingerprint density at radius 2 is 1.81 bits per heavy atom. The Hall–Kier alpha value is -3.34. The number of ether oxygens (including phenoxy) is 2. The highest BCUT2D eigenvalue weighted by Gasteiger charge is 2.35. The fourth-order valence-corrected chi connectivity index (χ4v) is 4.73. The molecular weight excluding hydrogens is 396 g/mol. The maximum absolute atomic E-state index is 14.6. The Balaban J connectivity index is 1.79. The molecule has 3 aromatic carbocycles. The Morgan fingerprint density at radius 1 is 1.00 bits per heavy atom. The van der Waals surface area contributed by atoms with E-state index in [0.29, 0.717) is 16.9 Å². The molecule has 0 fully saturated rings. The SMILES string of the molecule is COc1ccc(C2Oc3ccc(F)cc3-c3ccc4c(c32)C(C)=CC(C)(C)N4)cc1F. The van der Waals surface area contributed by atoms with E-state index in [1.807, 2.05) is 18.2 Å². The van der Waals surface area contributed by atoms with Crippen molar-refractivity contribution in [3.8, 4) is 22.6 Å². The van der Waals surface area contributed by atoms with Gasteiger partial charge in [0, 0.05) is 27.9 Å². The van der Waals surface area contributed by atoms with E-state index < -0.39 is 11.9 Å². The minimum atomic E-state index is -0.547. The van der Waals surface area contributed by atoms with Crippen molar-refractivity contribution in [1.82, 2.24) is 0 Å². The van der Waals surface area contributed by atoms with Gasteiger partial charge in [0.15, 0.2) is 17.7 Å². The van der Waals surface area contributed by atoms with Gasteiger partial charge in [0.25, 0.3) is 0 Å². The average molecular weight is 419 g/mol. The first-order chi connectivity index (χ1) is 14.8. The maximum Gasteiger partial charge on any atom is 0.165 e. The molecule has 3 aromatic rings. The molecule has 0 bridgehead atoms. The third-order valence-electron chi connectivity index (χ3n) is 5.89. The van der Waals surface area contributed by atoms with E-state index in [-0.39, 0.29) is 17.1 Å². The number of hydrogen-bond acceptors (Lipinski definition) is 3. The Labute approximate surface area is 180 Å². The normalized spacial score (nSPS) is 18.0. The van der Waals surface area contributed by atoms with E-state index in [1.54, 1.807) is 12.1 Å². The summed E-state index contributed by atoms with van der Waals surface area (Å²) in [5.41, 5.74) is 6.03. The third-order valence-corrected chi connectivity index (χ3v) is 5.89. The first-order valence-electron chi connectivity index (χ1n) is 10.2. The number of hydrogen-bond donors (Lipinski definition) is 1. The summed E-state index contributed by atoms with van der Waals surface area (Å²) in [4.78, 5) is 0. The lowest BCUT2D eigenvalue weighted by atomic mass is 9.80. The molecule has 2 aliphatic rings. The quantitative estimate of drug-likeness (QED) is 0.500. The van der Waals surface area contributed by atoms with E-state index in [9.17, 15) is 8.78 Å². The second-order valence-corrected chi connectivity index (χ2v) is 8.66. The molecule has 0 radical (unpaired) electrons. The van der Waals surface area contributed by atoms with Crippen LogP contribution in [0.5, 0.6) is 11.5 Å². The van der Waals surface area contributed by atoms with Gasteiger partial charge < -0.3 is 14.8 Å². The monoisotopic (exact) mass is 419 g/mol. The van der Waals surface area contributed by atoms with Crippen molar-refractivity contribution >= 4 is 11.3 Å². The van der Waals surface area contributed by atoms with E-state index in [1.165, 1.54) is 25.3 Å². The van der Waals surface area contributed by atoms with Crippen LogP contribution in [-0.2, 0) is 0 Å². The summed E-state index contributed by atoms with van der Waals surface area (Å²) in [7, 11) is 1.44. The third kappa shape index (κ3) is 3.16. The van der Waals surface area contributed by atoms with Crippen LogP contribution in [0.3, 0.4) is 0 Å². The number of rotatable bonds is 2. The molecule has 5 heteroatoms. The predicted octanol–water partition coefficient (Wildman–Crippen LogP) is 6.73. The molecule has 0 aromatic heterocycles. The van der Waals surface area contributed by atoms with Gasteiger partial charge in [0.1, 0.15) is 11.6 Å². The van der Waals surface area contributed by atoms with Crippen LogP contribution in [0.25, 0.3) is 16.7 Å². The minimum Gasteiger partial charge on any atom is -0.494 e. The molecular formula is C26H23F2NO2. The average Bonchev–Trinajstić information content (AvgIpc) is 2.71. The van der Waals surface area contributed by atoms with Gasteiger partial charge in [-0.2, -0.15) is 0 Å². The van der Waals surface area contributed by atoms with Crippen LogP contribution in [-0.4, -0.2) is 12.6 Å². The van der Waals surface area contributed by atoms with Gasteiger partial charge in [0.05, 0.1) is 12.6 Å². The number of halogens is 2. The largest absolute Gasteiger partial charge is 0.494 e. The van der Waals surface area contributed by atoms with Crippen molar-refractivity contribution < 1.29 is 18.3 Å². The summed E-state index contributed by atoms with van der Waals surface area (Å²) >= 11 is 0. The summed E-state index contributed by atoms with van der Waals surface area (Å²) < 4.78 is 40.2. The zero-order chi connectivity index (χ0) is 21.9. The van der Waals surface area contributed by atoms with Crippen molar-refractivity contribution in [3.63, 3.8) is 0 Å². The first-order valence-corrected chi connectivity index (χ1v) is 10.2. The van der Waals surface area contributed by atoms with Crippen LogP contribution in [0, 0.1) is 11.6 Å². The molecule has 1 atom stereocenters. The van der Waals surface area contributed by atoms with E-state index in [4.69, 9.17) is 9.47 Å². The van der Waals surface area contributed by atoms with Crippen molar-refractivity contribution in [2.45, 2.75) is 32.4 Å². The fraction of sp³-hybridized carbons (Fsp3) is 0.231. The standard InChI is InChI=1S/C26H23F2NO2/c1-14-13-26(2,3)29-20-8-7-17-18-12-16(27)6-10-21(18)31-25(24(17)23(14)20)15-5-9-22(30-4)19(28)11-15/h5-13,25,29H,1-4H3. The van der Waals surface area contributed by atoms with Crippen molar-refractivity contribution in [1.29, 1.82) is 0 Å².